The van der Waals surface area contributed by atoms with Gasteiger partial charge in [0.05, 0.1) is 10.5 Å². The van der Waals surface area contributed by atoms with Crippen LogP contribution in [0.2, 0.25) is 5.02 Å². The highest BCUT2D eigenvalue weighted by atomic mass is 35.5. The average Bonchev–Trinajstić information content (AvgIpc) is 2.18. The van der Waals surface area contributed by atoms with Crippen molar-refractivity contribution in [1.29, 1.82) is 0 Å². The predicted octanol–water partition coefficient (Wildman–Crippen LogP) is 2.93. The molecule has 3 heteroatoms. The van der Waals surface area contributed by atoms with Crippen LogP contribution >= 0.6 is 11.6 Å². The fourth-order valence-electron chi connectivity index (χ4n) is 1.27. The van der Waals surface area contributed by atoms with Crippen molar-refractivity contribution in [2.24, 2.45) is 0 Å². The molecule has 1 aromatic heterocycles. The molecule has 0 atom stereocenters. The summed E-state index contributed by atoms with van der Waals surface area (Å²) in [5, 5.41) is 4.79. The molecule has 0 spiro atoms. The van der Waals surface area contributed by atoms with Crippen molar-refractivity contribution in [3.05, 3.63) is 35.5 Å². The number of anilines is 1. The summed E-state index contributed by atoms with van der Waals surface area (Å²) in [7, 11) is 1.88. The van der Waals surface area contributed by atoms with Gasteiger partial charge in [-0.3, -0.25) is 4.98 Å². The molecule has 0 radical (unpaired) electrons. The molecule has 66 valence electrons. The molecule has 0 amide bonds. The van der Waals surface area contributed by atoms with Gasteiger partial charge < -0.3 is 5.32 Å². The van der Waals surface area contributed by atoms with Gasteiger partial charge in [0.15, 0.2) is 0 Å². The second-order valence-electron chi connectivity index (χ2n) is 2.77. The minimum Gasteiger partial charge on any atom is -0.388 e. The molecule has 0 unspecified atom stereocenters. The first-order valence-electron chi connectivity index (χ1n) is 4.03. The molecule has 0 saturated carbocycles. The average molecular weight is 193 g/mol. The maximum atomic E-state index is 5.99. The third-order valence-electron chi connectivity index (χ3n) is 1.98. The summed E-state index contributed by atoms with van der Waals surface area (Å²) in [6, 6.07) is 7.72. The molecule has 0 aliphatic carbocycles. The summed E-state index contributed by atoms with van der Waals surface area (Å²) in [6.07, 6.45) is 1.71. The molecule has 1 aromatic carbocycles. The Labute approximate surface area is 81.6 Å². The molecule has 0 fully saturated rings. The maximum Gasteiger partial charge on any atom is 0.0737 e. The van der Waals surface area contributed by atoms with Crippen molar-refractivity contribution >= 4 is 28.2 Å². The number of nitrogens with zero attached hydrogens (tertiary/aromatic N) is 1. The van der Waals surface area contributed by atoms with E-state index in [1.807, 2.05) is 25.2 Å². The van der Waals surface area contributed by atoms with Crippen LogP contribution in [-0.2, 0) is 0 Å². The van der Waals surface area contributed by atoms with Crippen molar-refractivity contribution in [2.45, 2.75) is 0 Å². The summed E-state index contributed by atoms with van der Waals surface area (Å²) in [5.41, 5.74) is 1.96. The number of hydrogen-bond acceptors (Lipinski definition) is 2. The second-order valence-corrected chi connectivity index (χ2v) is 3.18. The van der Waals surface area contributed by atoms with E-state index in [-0.39, 0.29) is 0 Å². The molecule has 1 N–H and O–H groups in total. The highest BCUT2D eigenvalue weighted by molar-refractivity contribution is 6.35. The van der Waals surface area contributed by atoms with Crippen molar-refractivity contribution in [1.82, 2.24) is 4.98 Å². The second kappa shape index (κ2) is 3.23. The van der Waals surface area contributed by atoms with Gasteiger partial charge in [-0.1, -0.05) is 11.6 Å². The van der Waals surface area contributed by atoms with E-state index in [2.05, 4.69) is 10.3 Å². The van der Waals surface area contributed by atoms with Gasteiger partial charge in [-0.2, -0.15) is 0 Å². The number of pyridine rings is 1. The summed E-state index contributed by atoms with van der Waals surface area (Å²) < 4.78 is 0. The largest absolute Gasteiger partial charge is 0.388 e. The van der Waals surface area contributed by atoms with Gasteiger partial charge in [0.25, 0.3) is 0 Å². The molecule has 2 nitrogen and oxygen atoms in total. The number of benzene rings is 1. The molecule has 0 bridgehead atoms. The third kappa shape index (κ3) is 1.45. The van der Waals surface area contributed by atoms with Gasteiger partial charge in [-0.15, -0.1) is 0 Å². The Morgan fingerprint density at radius 2 is 2.15 bits per heavy atom. The summed E-state index contributed by atoms with van der Waals surface area (Å²) >= 11 is 5.99. The van der Waals surface area contributed by atoms with Gasteiger partial charge in [0.1, 0.15) is 0 Å². The Hall–Kier alpha value is -1.28. The quantitative estimate of drug-likeness (QED) is 0.752. The predicted molar refractivity (Wildman–Crippen MR) is 56.3 cm³/mol. The van der Waals surface area contributed by atoms with Crippen molar-refractivity contribution < 1.29 is 0 Å². The normalized spacial score (nSPS) is 10.3. The standard InChI is InChI=1S/C10H9ClN2/c1-12-7-2-3-8-9(11)4-5-13-10(8)6-7/h2-6,12H,1H3. The number of fused-ring (bicyclic) bond motifs is 1. The molecule has 13 heavy (non-hydrogen) atoms. The molecular weight excluding hydrogens is 184 g/mol. The van der Waals surface area contributed by atoms with E-state index < -0.39 is 0 Å². The zero-order valence-corrected chi connectivity index (χ0v) is 7.97. The zero-order chi connectivity index (χ0) is 9.26. The Balaban J connectivity index is 2.72. The number of rotatable bonds is 1. The van der Waals surface area contributed by atoms with Crippen LogP contribution in [0.5, 0.6) is 0 Å². The van der Waals surface area contributed by atoms with Gasteiger partial charge >= 0.3 is 0 Å². The van der Waals surface area contributed by atoms with Gasteiger partial charge in [-0.25, -0.2) is 0 Å². The van der Waals surface area contributed by atoms with Crippen molar-refractivity contribution in [3.8, 4) is 0 Å². The summed E-state index contributed by atoms with van der Waals surface area (Å²) in [5.74, 6) is 0. The molecule has 1 heterocycles. The fourth-order valence-corrected chi connectivity index (χ4v) is 1.48. The Morgan fingerprint density at radius 3 is 2.92 bits per heavy atom. The summed E-state index contributed by atoms with van der Waals surface area (Å²) in [6.45, 7) is 0. The van der Waals surface area contributed by atoms with Crippen LogP contribution in [0.1, 0.15) is 0 Å². The van der Waals surface area contributed by atoms with E-state index in [1.165, 1.54) is 0 Å². The first kappa shape index (κ1) is 8.32. The van der Waals surface area contributed by atoms with Gasteiger partial charge in [0.2, 0.25) is 0 Å². The highest BCUT2D eigenvalue weighted by Crippen LogP contribution is 2.23. The van der Waals surface area contributed by atoms with Crippen LogP contribution in [0.4, 0.5) is 5.69 Å². The van der Waals surface area contributed by atoms with Crippen LogP contribution in [-0.4, -0.2) is 12.0 Å². The van der Waals surface area contributed by atoms with E-state index in [0.717, 1.165) is 21.6 Å². The first-order chi connectivity index (χ1) is 6.31. The van der Waals surface area contributed by atoms with Gasteiger partial charge in [-0.05, 0) is 24.3 Å². The minimum atomic E-state index is 0.743. The van der Waals surface area contributed by atoms with E-state index in [1.54, 1.807) is 12.3 Å². The van der Waals surface area contributed by atoms with E-state index >= 15 is 0 Å². The maximum absolute atomic E-state index is 5.99. The minimum absolute atomic E-state index is 0.743. The topological polar surface area (TPSA) is 24.9 Å². The van der Waals surface area contributed by atoms with Gasteiger partial charge in [0, 0.05) is 24.3 Å². The lowest BCUT2D eigenvalue weighted by molar-refractivity contribution is 1.40. The molecule has 2 rings (SSSR count). The molecule has 0 saturated heterocycles. The Bertz CT molecular complexity index is 440. The molecule has 2 aromatic rings. The zero-order valence-electron chi connectivity index (χ0n) is 7.21. The monoisotopic (exact) mass is 192 g/mol. The van der Waals surface area contributed by atoms with Crippen LogP contribution in [0.25, 0.3) is 10.9 Å². The van der Waals surface area contributed by atoms with E-state index in [9.17, 15) is 0 Å². The number of halogens is 1. The number of nitrogens with one attached hydrogen (secondary N) is 1. The SMILES string of the molecule is CNc1ccc2c(Cl)ccnc2c1. The van der Waals surface area contributed by atoms with Crippen LogP contribution < -0.4 is 5.32 Å². The van der Waals surface area contributed by atoms with E-state index in [0.29, 0.717) is 0 Å². The lowest BCUT2D eigenvalue weighted by Crippen LogP contribution is -1.88. The molecular formula is C10H9ClN2. The smallest absolute Gasteiger partial charge is 0.0737 e. The number of aromatic nitrogens is 1. The van der Waals surface area contributed by atoms with Crippen LogP contribution in [0.15, 0.2) is 30.5 Å². The lowest BCUT2D eigenvalue weighted by atomic mass is 10.2. The Morgan fingerprint density at radius 1 is 1.31 bits per heavy atom. The molecule has 0 aliphatic rings. The van der Waals surface area contributed by atoms with Crippen molar-refractivity contribution in [2.75, 3.05) is 12.4 Å². The first-order valence-corrected chi connectivity index (χ1v) is 4.41. The highest BCUT2D eigenvalue weighted by Gasteiger charge is 1.99. The Kier molecular flexibility index (Phi) is 2.07. The van der Waals surface area contributed by atoms with E-state index in [4.69, 9.17) is 11.6 Å². The van der Waals surface area contributed by atoms with Crippen LogP contribution in [0, 0.1) is 0 Å². The summed E-state index contributed by atoms with van der Waals surface area (Å²) in [4.78, 5) is 4.23. The number of hydrogen-bond donors (Lipinski definition) is 1. The fraction of sp³-hybridized carbons (Fsp3) is 0.100. The third-order valence-corrected chi connectivity index (χ3v) is 2.31. The van der Waals surface area contributed by atoms with Crippen molar-refractivity contribution in [3.63, 3.8) is 0 Å². The van der Waals surface area contributed by atoms with Crippen LogP contribution in [0.3, 0.4) is 0 Å². The molecule has 0 aliphatic heterocycles. The lowest BCUT2D eigenvalue weighted by Gasteiger charge is -2.02.